The van der Waals surface area contributed by atoms with Gasteiger partial charge in [0, 0.05) is 25.1 Å². The van der Waals surface area contributed by atoms with Crippen molar-refractivity contribution in [2.24, 2.45) is 5.92 Å². The van der Waals surface area contributed by atoms with Gasteiger partial charge in [-0.1, -0.05) is 25.5 Å². The third-order valence-corrected chi connectivity index (χ3v) is 5.61. The average molecular weight is 465 g/mol. The highest BCUT2D eigenvalue weighted by molar-refractivity contribution is 5.94. The Morgan fingerprint density at radius 3 is 2.55 bits per heavy atom. The third-order valence-electron chi connectivity index (χ3n) is 5.61. The maximum atomic E-state index is 12.9. The lowest BCUT2D eigenvalue weighted by atomic mass is 9.95. The highest BCUT2D eigenvalue weighted by atomic mass is 19.4. The molecule has 2 aromatic carbocycles. The standard InChI is InChI=1S/C23H26F3N3O4/c1-2-3-14-33-21-7-5-4-6-18(21)27-22(30)16-10-12-28(13-11-16)19-9-8-17(23(24,25)26)15-20(19)29(31)32/h4-9,15-16H,2-3,10-14H2,1H3,(H,27,30). The second-order valence-electron chi connectivity index (χ2n) is 7.91. The Morgan fingerprint density at radius 2 is 1.91 bits per heavy atom. The van der Waals surface area contributed by atoms with Gasteiger partial charge in [0.25, 0.3) is 5.69 Å². The molecule has 178 valence electrons. The van der Waals surface area contributed by atoms with Crippen molar-refractivity contribution < 1.29 is 27.6 Å². The van der Waals surface area contributed by atoms with Gasteiger partial charge in [-0.05, 0) is 43.5 Å². The van der Waals surface area contributed by atoms with E-state index in [9.17, 15) is 28.1 Å². The number of para-hydroxylation sites is 2. The smallest absolute Gasteiger partial charge is 0.416 e. The summed E-state index contributed by atoms with van der Waals surface area (Å²) in [5.74, 6) is 0.0960. The maximum Gasteiger partial charge on any atom is 0.416 e. The molecule has 33 heavy (non-hydrogen) atoms. The van der Waals surface area contributed by atoms with Crippen LogP contribution in [0.3, 0.4) is 0 Å². The van der Waals surface area contributed by atoms with Gasteiger partial charge in [0.05, 0.1) is 22.8 Å². The van der Waals surface area contributed by atoms with Crippen LogP contribution in [0.4, 0.5) is 30.2 Å². The summed E-state index contributed by atoms with van der Waals surface area (Å²) in [7, 11) is 0. The number of piperidine rings is 1. The van der Waals surface area contributed by atoms with Crippen molar-refractivity contribution in [1.29, 1.82) is 0 Å². The molecule has 0 unspecified atom stereocenters. The van der Waals surface area contributed by atoms with Crippen LogP contribution in [0.5, 0.6) is 5.75 Å². The molecule has 10 heteroatoms. The number of alkyl halides is 3. The van der Waals surface area contributed by atoms with Crippen LogP contribution in [-0.4, -0.2) is 30.5 Å². The van der Waals surface area contributed by atoms with Gasteiger partial charge in [0.1, 0.15) is 11.4 Å². The lowest BCUT2D eigenvalue weighted by molar-refractivity contribution is -0.384. The molecule has 0 aromatic heterocycles. The summed E-state index contributed by atoms with van der Waals surface area (Å²) in [5, 5.41) is 14.3. The van der Waals surface area contributed by atoms with Crippen molar-refractivity contribution in [2.75, 3.05) is 29.9 Å². The van der Waals surface area contributed by atoms with E-state index in [1.807, 2.05) is 6.07 Å². The SMILES string of the molecule is CCCCOc1ccccc1NC(=O)C1CCN(c2ccc(C(F)(F)F)cc2[N+](=O)[O-])CC1. The number of nitrogens with zero attached hydrogens (tertiary/aromatic N) is 2. The Hall–Kier alpha value is -3.30. The molecule has 1 fully saturated rings. The minimum absolute atomic E-state index is 0.126. The van der Waals surface area contributed by atoms with Crippen molar-refractivity contribution in [3.05, 3.63) is 58.1 Å². The molecule has 0 aliphatic carbocycles. The van der Waals surface area contributed by atoms with E-state index in [2.05, 4.69) is 12.2 Å². The summed E-state index contributed by atoms with van der Waals surface area (Å²) >= 11 is 0. The summed E-state index contributed by atoms with van der Waals surface area (Å²) in [6.45, 7) is 3.24. The first-order valence-corrected chi connectivity index (χ1v) is 10.8. The van der Waals surface area contributed by atoms with E-state index >= 15 is 0 Å². The monoisotopic (exact) mass is 465 g/mol. The molecule has 0 saturated carbocycles. The largest absolute Gasteiger partial charge is 0.491 e. The van der Waals surface area contributed by atoms with Crippen molar-refractivity contribution >= 4 is 23.0 Å². The van der Waals surface area contributed by atoms with Crippen molar-refractivity contribution in [2.45, 2.75) is 38.8 Å². The first-order valence-electron chi connectivity index (χ1n) is 10.8. The fourth-order valence-corrected chi connectivity index (χ4v) is 3.75. The number of amides is 1. The second kappa shape index (κ2) is 10.5. The zero-order chi connectivity index (χ0) is 24.0. The number of hydrogen-bond donors (Lipinski definition) is 1. The normalized spacial score (nSPS) is 14.7. The van der Waals surface area contributed by atoms with E-state index in [1.54, 1.807) is 23.1 Å². The van der Waals surface area contributed by atoms with Crippen LogP contribution in [0, 0.1) is 16.0 Å². The van der Waals surface area contributed by atoms with Crippen LogP contribution >= 0.6 is 0 Å². The number of carbonyl (C=O) groups excluding carboxylic acids is 1. The van der Waals surface area contributed by atoms with Gasteiger partial charge >= 0.3 is 6.18 Å². The molecule has 3 rings (SSSR count). The highest BCUT2D eigenvalue weighted by Crippen LogP contribution is 2.38. The number of anilines is 2. The van der Waals surface area contributed by atoms with E-state index in [0.717, 1.165) is 25.0 Å². The number of carbonyl (C=O) groups is 1. The first-order chi connectivity index (χ1) is 15.7. The van der Waals surface area contributed by atoms with Crippen LogP contribution in [0.1, 0.15) is 38.2 Å². The summed E-state index contributed by atoms with van der Waals surface area (Å²) in [6, 6.07) is 9.71. The van der Waals surface area contributed by atoms with E-state index in [-0.39, 0.29) is 17.5 Å². The summed E-state index contributed by atoms with van der Waals surface area (Å²) in [5.41, 5.74) is -0.946. The molecule has 0 atom stereocenters. The predicted octanol–water partition coefficient (Wildman–Crippen LogP) is 5.65. The fraction of sp³-hybridized carbons (Fsp3) is 0.435. The van der Waals surface area contributed by atoms with Gasteiger partial charge in [-0.3, -0.25) is 14.9 Å². The van der Waals surface area contributed by atoms with Crippen molar-refractivity contribution in [1.82, 2.24) is 0 Å². The van der Waals surface area contributed by atoms with Crippen LogP contribution < -0.4 is 15.0 Å². The van der Waals surface area contributed by atoms with Gasteiger partial charge in [0.2, 0.25) is 5.91 Å². The average Bonchev–Trinajstić information content (AvgIpc) is 2.79. The number of unbranched alkanes of at least 4 members (excludes halogenated alkanes) is 1. The fourth-order valence-electron chi connectivity index (χ4n) is 3.75. The van der Waals surface area contributed by atoms with Gasteiger partial charge in [-0.15, -0.1) is 0 Å². The Balaban J connectivity index is 1.65. The summed E-state index contributed by atoms with van der Waals surface area (Å²) in [6.07, 6.45) is -1.93. The topological polar surface area (TPSA) is 84.7 Å². The van der Waals surface area contributed by atoms with E-state index in [4.69, 9.17) is 4.74 Å². The Bertz CT molecular complexity index is 989. The van der Waals surface area contributed by atoms with Gasteiger partial charge in [-0.2, -0.15) is 13.2 Å². The predicted molar refractivity (Wildman–Crippen MR) is 119 cm³/mol. The van der Waals surface area contributed by atoms with E-state index < -0.39 is 22.4 Å². The molecule has 0 bridgehead atoms. The maximum absolute atomic E-state index is 12.9. The molecule has 0 spiro atoms. The van der Waals surface area contributed by atoms with Gasteiger partial charge in [0.15, 0.2) is 0 Å². The van der Waals surface area contributed by atoms with Crippen LogP contribution in [0.2, 0.25) is 0 Å². The third kappa shape index (κ3) is 6.15. The number of rotatable bonds is 8. The lowest BCUT2D eigenvalue weighted by Gasteiger charge is -2.32. The molecular weight excluding hydrogens is 439 g/mol. The molecule has 1 aliphatic heterocycles. The molecule has 1 heterocycles. The quantitative estimate of drug-likeness (QED) is 0.310. The number of nitrogens with one attached hydrogen (secondary N) is 1. The summed E-state index contributed by atoms with van der Waals surface area (Å²) < 4.78 is 44.6. The minimum Gasteiger partial charge on any atom is -0.491 e. The molecule has 1 amide bonds. The Labute approximate surface area is 189 Å². The number of ether oxygens (including phenoxy) is 1. The van der Waals surface area contributed by atoms with E-state index in [0.29, 0.717) is 50.0 Å². The molecule has 2 aromatic rings. The van der Waals surface area contributed by atoms with E-state index in [1.165, 1.54) is 0 Å². The number of benzene rings is 2. The molecular formula is C23H26F3N3O4. The lowest BCUT2D eigenvalue weighted by Crippen LogP contribution is -2.38. The zero-order valence-corrected chi connectivity index (χ0v) is 18.2. The number of halogens is 3. The molecule has 0 radical (unpaired) electrons. The zero-order valence-electron chi connectivity index (χ0n) is 18.2. The Kier molecular flexibility index (Phi) is 7.78. The van der Waals surface area contributed by atoms with Crippen LogP contribution in [0.25, 0.3) is 0 Å². The van der Waals surface area contributed by atoms with Crippen LogP contribution in [0.15, 0.2) is 42.5 Å². The van der Waals surface area contributed by atoms with Crippen molar-refractivity contribution in [3.63, 3.8) is 0 Å². The minimum atomic E-state index is -4.66. The molecule has 1 saturated heterocycles. The second-order valence-corrected chi connectivity index (χ2v) is 7.91. The molecule has 1 N–H and O–H groups in total. The number of hydrogen-bond acceptors (Lipinski definition) is 5. The molecule has 7 nitrogen and oxygen atoms in total. The highest BCUT2D eigenvalue weighted by Gasteiger charge is 2.35. The van der Waals surface area contributed by atoms with Crippen LogP contribution in [-0.2, 0) is 11.0 Å². The number of nitro groups is 1. The molecule has 1 aliphatic rings. The van der Waals surface area contributed by atoms with Crippen molar-refractivity contribution in [3.8, 4) is 5.75 Å². The number of nitro benzene ring substituents is 1. The first kappa shape index (κ1) is 24.3. The Morgan fingerprint density at radius 1 is 1.21 bits per heavy atom. The summed E-state index contributed by atoms with van der Waals surface area (Å²) in [4.78, 5) is 25.0. The van der Waals surface area contributed by atoms with Gasteiger partial charge < -0.3 is 15.0 Å². The van der Waals surface area contributed by atoms with Gasteiger partial charge in [-0.25, -0.2) is 0 Å².